The molecule has 0 aliphatic carbocycles. The van der Waals surface area contributed by atoms with E-state index in [1.807, 2.05) is 14.0 Å². The molecule has 0 aromatic rings. The molecule has 0 aliphatic rings. The van der Waals surface area contributed by atoms with Gasteiger partial charge < -0.3 is 15.5 Å². The van der Waals surface area contributed by atoms with E-state index in [4.69, 9.17) is 10.2 Å². The van der Waals surface area contributed by atoms with E-state index < -0.39 is 0 Å². The fourth-order valence-corrected chi connectivity index (χ4v) is 0.295. The first kappa shape index (κ1) is 13.5. The van der Waals surface area contributed by atoms with Crippen LogP contribution in [0.1, 0.15) is 27.2 Å². The van der Waals surface area contributed by atoms with Crippen LogP contribution in [0.3, 0.4) is 0 Å². The number of hydrogen-bond donors (Lipinski definition) is 3. The van der Waals surface area contributed by atoms with Gasteiger partial charge in [-0.05, 0) is 27.3 Å². The molecule has 0 aromatic heterocycles. The van der Waals surface area contributed by atoms with Crippen molar-refractivity contribution in [3.63, 3.8) is 0 Å². The number of nitrogens with one attached hydrogen (secondary N) is 1. The van der Waals surface area contributed by atoms with E-state index in [1.165, 1.54) is 0 Å². The monoisotopic (exact) mass is 163 g/mol. The first-order valence-corrected chi connectivity index (χ1v) is 4.05. The molecular weight excluding hydrogens is 142 g/mol. The Kier molecular flexibility index (Phi) is 12.1. The van der Waals surface area contributed by atoms with E-state index in [9.17, 15) is 0 Å². The molecule has 0 amide bonds. The third-order valence-corrected chi connectivity index (χ3v) is 1.09. The molecule has 3 N–H and O–H groups in total. The largest absolute Gasteiger partial charge is 0.393 e. The van der Waals surface area contributed by atoms with E-state index in [0.29, 0.717) is 6.54 Å². The number of aliphatic hydroxyl groups is 2. The fourth-order valence-electron chi connectivity index (χ4n) is 0.295. The lowest BCUT2D eigenvalue weighted by molar-refractivity contribution is 0.190. The molecule has 0 aromatic carbocycles. The molecule has 0 spiro atoms. The van der Waals surface area contributed by atoms with Crippen molar-refractivity contribution in [2.45, 2.75) is 39.4 Å². The summed E-state index contributed by atoms with van der Waals surface area (Å²) in [6, 6.07) is 0. The Bertz CT molecular complexity index is 65.1. The molecule has 2 atom stereocenters. The van der Waals surface area contributed by atoms with Gasteiger partial charge in [0.05, 0.1) is 12.2 Å². The highest BCUT2D eigenvalue weighted by atomic mass is 16.3. The molecule has 0 saturated heterocycles. The van der Waals surface area contributed by atoms with Gasteiger partial charge in [-0.25, -0.2) is 0 Å². The average Bonchev–Trinajstić information content (AvgIpc) is 1.89. The van der Waals surface area contributed by atoms with E-state index >= 15 is 0 Å². The molecule has 2 unspecified atom stereocenters. The zero-order valence-corrected chi connectivity index (χ0v) is 7.96. The SMILES string of the molecule is CCC(C)O.CNCC(C)O. The molecule has 70 valence electrons. The van der Waals surface area contributed by atoms with Crippen molar-refractivity contribution < 1.29 is 10.2 Å². The normalized spacial score (nSPS) is 14.7. The summed E-state index contributed by atoms with van der Waals surface area (Å²) in [6.07, 6.45) is 0.532. The van der Waals surface area contributed by atoms with E-state index in [0.717, 1.165) is 6.42 Å². The first-order valence-electron chi connectivity index (χ1n) is 4.05. The maximum absolute atomic E-state index is 8.49. The minimum Gasteiger partial charge on any atom is -0.393 e. The van der Waals surface area contributed by atoms with Crippen molar-refractivity contribution in [2.75, 3.05) is 13.6 Å². The van der Waals surface area contributed by atoms with Gasteiger partial charge in [0.2, 0.25) is 0 Å². The highest BCUT2D eigenvalue weighted by molar-refractivity contribution is 4.44. The van der Waals surface area contributed by atoms with Crippen molar-refractivity contribution >= 4 is 0 Å². The Labute approximate surface area is 69.4 Å². The maximum Gasteiger partial charge on any atom is 0.0636 e. The predicted molar refractivity (Wildman–Crippen MR) is 47.6 cm³/mol. The Morgan fingerprint density at radius 2 is 1.55 bits per heavy atom. The van der Waals surface area contributed by atoms with Crippen LogP contribution in [0.4, 0.5) is 0 Å². The van der Waals surface area contributed by atoms with Gasteiger partial charge in [0.1, 0.15) is 0 Å². The average molecular weight is 163 g/mol. The second-order valence-electron chi connectivity index (χ2n) is 2.66. The van der Waals surface area contributed by atoms with Crippen molar-refractivity contribution in [3.8, 4) is 0 Å². The van der Waals surface area contributed by atoms with Crippen LogP contribution in [0.15, 0.2) is 0 Å². The van der Waals surface area contributed by atoms with Gasteiger partial charge in [0.25, 0.3) is 0 Å². The van der Waals surface area contributed by atoms with Gasteiger partial charge >= 0.3 is 0 Å². The lowest BCUT2D eigenvalue weighted by atomic mass is 10.3. The zero-order chi connectivity index (χ0) is 9.28. The van der Waals surface area contributed by atoms with Crippen LogP contribution in [0.25, 0.3) is 0 Å². The van der Waals surface area contributed by atoms with E-state index in [2.05, 4.69) is 5.32 Å². The summed E-state index contributed by atoms with van der Waals surface area (Å²) in [5, 5.41) is 19.7. The van der Waals surface area contributed by atoms with Crippen LogP contribution in [-0.2, 0) is 0 Å². The third-order valence-electron chi connectivity index (χ3n) is 1.09. The lowest BCUT2D eigenvalue weighted by Gasteiger charge is -1.97. The summed E-state index contributed by atoms with van der Waals surface area (Å²) in [6.45, 7) is 6.15. The molecule has 0 saturated carbocycles. The summed E-state index contributed by atoms with van der Waals surface area (Å²) in [5.41, 5.74) is 0. The molecule has 0 radical (unpaired) electrons. The van der Waals surface area contributed by atoms with E-state index in [1.54, 1.807) is 13.8 Å². The Morgan fingerprint density at radius 3 is 1.55 bits per heavy atom. The highest BCUT2D eigenvalue weighted by Crippen LogP contribution is 1.81. The summed E-state index contributed by atoms with van der Waals surface area (Å²) in [7, 11) is 1.81. The van der Waals surface area contributed by atoms with Crippen LogP contribution < -0.4 is 5.32 Å². The van der Waals surface area contributed by atoms with Crippen LogP contribution in [0.2, 0.25) is 0 Å². The van der Waals surface area contributed by atoms with Crippen molar-refractivity contribution in [2.24, 2.45) is 0 Å². The highest BCUT2D eigenvalue weighted by Gasteiger charge is 1.86. The Balaban J connectivity index is 0. The van der Waals surface area contributed by atoms with Crippen LogP contribution in [-0.4, -0.2) is 36.0 Å². The summed E-state index contributed by atoms with van der Waals surface area (Å²) in [5.74, 6) is 0. The Hall–Kier alpha value is -0.120. The molecule has 0 heterocycles. The van der Waals surface area contributed by atoms with Crippen molar-refractivity contribution in [1.29, 1.82) is 0 Å². The Morgan fingerprint density at radius 1 is 1.18 bits per heavy atom. The minimum atomic E-state index is -0.213. The quantitative estimate of drug-likeness (QED) is 0.563. The van der Waals surface area contributed by atoms with Gasteiger partial charge in [0, 0.05) is 6.54 Å². The summed E-state index contributed by atoms with van der Waals surface area (Å²) < 4.78 is 0. The molecule has 0 rings (SSSR count). The molecular formula is C8H21NO2. The molecule has 0 fully saturated rings. The number of hydrogen-bond acceptors (Lipinski definition) is 3. The predicted octanol–water partition coefficient (Wildman–Crippen LogP) is 0.364. The van der Waals surface area contributed by atoms with E-state index in [-0.39, 0.29) is 12.2 Å². The number of aliphatic hydroxyl groups excluding tert-OH is 2. The fraction of sp³-hybridized carbons (Fsp3) is 1.00. The van der Waals surface area contributed by atoms with Crippen LogP contribution in [0.5, 0.6) is 0 Å². The standard InChI is InChI=1S/C4H11NO.C4H10O/c1-4(6)3-5-2;1-3-4(2)5/h4-6H,3H2,1-2H3;4-5H,3H2,1-2H3. The van der Waals surface area contributed by atoms with Crippen LogP contribution >= 0.6 is 0 Å². The van der Waals surface area contributed by atoms with Gasteiger partial charge in [-0.2, -0.15) is 0 Å². The smallest absolute Gasteiger partial charge is 0.0636 e. The van der Waals surface area contributed by atoms with Crippen LogP contribution in [0, 0.1) is 0 Å². The van der Waals surface area contributed by atoms with Gasteiger partial charge in [-0.1, -0.05) is 6.92 Å². The topological polar surface area (TPSA) is 52.5 Å². The molecule has 11 heavy (non-hydrogen) atoms. The van der Waals surface area contributed by atoms with Crippen molar-refractivity contribution in [3.05, 3.63) is 0 Å². The van der Waals surface area contributed by atoms with Crippen molar-refractivity contribution in [1.82, 2.24) is 5.32 Å². The van der Waals surface area contributed by atoms with Gasteiger partial charge in [-0.15, -0.1) is 0 Å². The minimum absolute atomic E-state index is 0.116. The summed E-state index contributed by atoms with van der Waals surface area (Å²) >= 11 is 0. The molecule has 3 heteroatoms. The lowest BCUT2D eigenvalue weighted by Crippen LogP contribution is -2.19. The number of rotatable bonds is 3. The zero-order valence-electron chi connectivity index (χ0n) is 7.96. The second kappa shape index (κ2) is 9.88. The van der Waals surface area contributed by atoms with Gasteiger partial charge in [-0.3, -0.25) is 0 Å². The molecule has 0 bridgehead atoms. The first-order chi connectivity index (χ1) is 5.04. The van der Waals surface area contributed by atoms with Gasteiger partial charge in [0.15, 0.2) is 0 Å². The summed E-state index contributed by atoms with van der Waals surface area (Å²) in [4.78, 5) is 0. The molecule has 0 aliphatic heterocycles. The molecule has 3 nitrogen and oxygen atoms in total. The third kappa shape index (κ3) is 25.8. The maximum atomic E-state index is 8.49. The number of likely N-dealkylation sites (N-methyl/N-ethyl adjacent to an activating group) is 1. The second-order valence-corrected chi connectivity index (χ2v) is 2.66.